The Morgan fingerprint density at radius 2 is 2.09 bits per heavy atom. The minimum Gasteiger partial charge on any atom is -0.370 e. The molecule has 0 bridgehead atoms. The highest BCUT2D eigenvalue weighted by molar-refractivity contribution is 5.91. The number of hydrogen-bond acceptors (Lipinski definition) is 4. The molecule has 0 unspecified atom stereocenters. The Bertz CT molecular complexity index is 698. The van der Waals surface area contributed by atoms with Crippen LogP contribution < -0.4 is 4.90 Å². The van der Waals surface area contributed by atoms with Crippen molar-refractivity contribution in [3.63, 3.8) is 0 Å². The second kappa shape index (κ2) is 5.68. The van der Waals surface area contributed by atoms with Gasteiger partial charge >= 0.3 is 0 Å². The summed E-state index contributed by atoms with van der Waals surface area (Å²) in [5.41, 5.74) is 1.18. The van der Waals surface area contributed by atoms with E-state index < -0.39 is 0 Å². The number of carbonyl (C=O) groups is 1. The van der Waals surface area contributed by atoms with E-state index in [2.05, 4.69) is 20.9 Å². The molecule has 2 aliphatic heterocycles. The lowest BCUT2D eigenvalue weighted by molar-refractivity contribution is 0.0769. The fourth-order valence-electron chi connectivity index (χ4n) is 3.82. The Morgan fingerprint density at radius 1 is 1.22 bits per heavy atom. The molecule has 0 N–H and O–H groups in total. The van der Waals surface area contributed by atoms with E-state index >= 15 is 0 Å². The predicted molar refractivity (Wildman–Crippen MR) is 87.2 cm³/mol. The SMILES string of the molecule is Cn1ccnc1C(=O)N1C[C@H]2CCN(c3cccnc3)C[C@H]2C1. The van der Waals surface area contributed by atoms with Gasteiger partial charge in [-0.1, -0.05) is 0 Å². The molecule has 0 aliphatic carbocycles. The minimum absolute atomic E-state index is 0.0554. The maximum Gasteiger partial charge on any atom is 0.289 e. The summed E-state index contributed by atoms with van der Waals surface area (Å²) >= 11 is 0. The van der Waals surface area contributed by atoms with Crippen molar-refractivity contribution in [3.8, 4) is 0 Å². The van der Waals surface area contributed by atoms with Crippen molar-refractivity contribution < 1.29 is 4.79 Å². The third kappa shape index (κ3) is 2.58. The van der Waals surface area contributed by atoms with Gasteiger partial charge < -0.3 is 14.4 Å². The molecule has 2 aromatic heterocycles. The number of hydrogen-bond donors (Lipinski definition) is 0. The molecule has 1 amide bonds. The van der Waals surface area contributed by atoms with Gasteiger partial charge in [-0.3, -0.25) is 9.78 Å². The highest BCUT2D eigenvalue weighted by Crippen LogP contribution is 2.33. The van der Waals surface area contributed by atoms with Crippen molar-refractivity contribution in [1.29, 1.82) is 0 Å². The van der Waals surface area contributed by atoms with Crippen molar-refractivity contribution in [2.24, 2.45) is 18.9 Å². The third-order valence-electron chi connectivity index (χ3n) is 5.11. The highest BCUT2D eigenvalue weighted by Gasteiger charge is 2.39. The highest BCUT2D eigenvalue weighted by atomic mass is 16.2. The zero-order chi connectivity index (χ0) is 15.8. The minimum atomic E-state index is 0.0554. The number of aromatic nitrogens is 3. The van der Waals surface area contributed by atoms with Crippen LogP contribution >= 0.6 is 0 Å². The molecule has 4 heterocycles. The van der Waals surface area contributed by atoms with Crippen molar-refractivity contribution in [1.82, 2.24) is 19.4 Å². The summed E-state index contributed by atoms with van der Waals surface area (Å²) in [6.07, 6.45) is 8.36. The molecule has 0 aromatic carbocycles. The summed E-state index contributed by atoms with van der Waals surface area (Å²) in [5, 5.41) is 0. The molecule has 120 valence electrons. The molecule has 2 fully saturated rings. The van der Waals surface area contributed by atoms with Crippen molar-refractivity contribution in [3.05, 3.63) is 42.7 Å². The van der Waals surface area contributed by atoms with Crippen molar-refractivity contribution in [2.45, 2.75) is 6.42 Å². The quantitative estimate of drug-likeness (QED) is 0.841. The lowest BCUT2D eigenvalue weighted by atomic mass is 9.88. The Kier molecular flexibility index (Phi) is 3.52. The van der Waals surface area contributed by atoms with Crippen molar-refractivity contribution in [2.75, 3.05) is 31.1 Å². The zero-order valence-corrected chi connectivity index (χ0v) is 13.3. The van der Waals surface area contributed by atoms with Gasteiger partial charge in [0.1, 0.15) is 0 Å². The summed E-state index contributed by atoms with van der Waals surface area (Å²) < 4.78 is 1.80. The van der Waals surface area contributed by atoms with E-state index in [1.807, 2.05) is 30.4 Å². The number of rotatable bonds is 2. The zero-order valence-electron chi connectivity index (χ0n) is 13.3. The number of fused-ring (bicyclic) bond motifs is 1. The summed E-state index contributed by atoms with van der Waals surface area (Å²) in [4.78, 5) is 25.4. The molecule has 6 nitrogen and oxygen atoms in total. The number of likely N-dealkylation sites (tertiary alicyclic amines) is 1. The molecule has 2 aliphatic rings. The van der Waals surface area contributed by atoms with Crippen LogP contribution in [0.1, 0.15) is 17.0 Å². The van der Waals surface area contributed by atoms with E-state index in [4.69, 9.17) is 0 Å². The smallest absolute Gasteiger partial charge is 0.289 e. The van der Waals surface area contributed by atoms with E-state index in [0.717, 1.165) is 32.6 Å². The van der Waals surface area contributed by atoms with Crippen LogP contribution in [0.3, 0.4) is 0 Å². The Labute approximate surface area is 135 Å². The molecule has 2 saturated heterocycles. The van der Waals surface area contributed by atoms with Crippen LogP contribution in [0.15, 0.2) is 36.9 Å². The van der Waals surface area contributed by atoms with Gasteiger partial charge in [0.2, 0.25) is 0 Å². The van der Waals surface area contributed by atoms with E-state index in [-0.39, 0.29) is 5.91 Å². The molecule has 0 saturated carbocycles. The Morgan fingerprint density at radius 3 is 2.83 bits per heavy atom. The maximum atomic E-state index is 12.6. The summed E-state index contributed by atoms with van der Waals surface area (Å²) in [5.74, 6) is 1.73. The molecule has 0 spiro atoms. The fourth-order valence-corrected chi connectivity index (χ4v) is 3.82. The van der Waals surface area contributed by atoms with Gasteiger partial charge in [0, 0.05) is 51.8 Å². The van der Waals surface area contributed by atoms with E-state index in [9.17, 15) is 4.79 Å². The van der Waals surface area contributed by atoms with Crippen molar-refractivity contribution >= 4 is 11.6 Å². The lowest BCUT2D eigenvalue weighted by Crippen LogP contribution is -2.40. The second-order valence-corrected chi connectivity index (χ2v) is 6.54. The van der Waals surface area contributed by atoms with Gasteiger partial charge in [-0.05, 0) is 30.4 Å². The number of amides is 1. The average molecular weight is 311 g/mol. The van der Waals surface area contributed by atoms with Gasteiger partial charge in [-0.15, -0.1) is 0 Å². The predicted octanol–water partition coefficient (Wildman–Crippen LogP) is 1.41. The largest absolute Gasteiger partial charge is 0.370 e. The normalized spacial score (nSPS) is 23.9. The molecule has 2 aromatic rings. The monoisotopic (exact) mass is 311 g/mol. The molecular formula is C17H21N5O. The number of imidazole rings is 1. The molecule has 23 heavy (non-hydrogen) atoms. The average Bonchev–Trinajstić information content (AvgIpc) is 3.20. The number of pyridine rings is 1. The van der Waals surface area contributed by atoms with E-state index in [0.29, 0.717) is 17.7 Å². The second-order valence-electron chi connectivity index (χ2n) is 6.54. The number of aryl methyl sites for hydroxylation is 1. The standard InChI is InChI=1S/C17H21N5O/c1-20-8-6-19-16(20)17(23)22-10-13-4-7-21(11-14(13)12-22)15-3-2-5-18-9-15/h2-3,5-6,8-9,13-14H,4,7,10-12H2,1H3/t13-,14+/m1/s1. The number of nitrogens with zero attached hydrogens (tertiary/aromatic N) is 5. The van der Waals surface area contributed by atoms with Crippen LogP contribution in [0.2, 0.25) is 0 Å². The molecule has 6 heteroatoms. The van der Waals surface area contributed by atoms with Crippen LogP contribution in [0, 0.1) is 11.8 Å². The van der Waals surface area contributed by atoms with E-state index in [1.165, 1.54) is 5.69 Å². The maximum absolute atomic E-state index is 12.6. The summed E-state index contributed by atoms with van der Waals surface area (Å²) in [7, 11) is 1.87. The van der Waals surface area contributed by atoms with Crippen LogP contribution in [0.5, 0.6) is 0 Å². The van der Waals surface area contributed by atoms with Gasteiger partial charge in [0.05, 0.1) is 11.9 Å². The molecular weight excluding hydrogens is 290 g/mol. The first-order chi connectivity index (χ1) is 11.2. The Balaban J connectivity index is 1.46. The lowest BCUT2D eigenvalue weighted by Gasteiger charge is -2.35. The third-order valence-corrected chi connectivity index (χ3v) is 5.11. The van der Waals surface area contributed by atoms with Gasteiger partial charge in [-0.25, -0.2) is 4.98 Å². The Hall–Kier alpha value is -2.37. The molecule has 2 atom stereocenters. The number of piperidine rings is 1. The topological polar surface area (TPSA) is 54.3 Å². The van der Waals surface area contributed by atoms with Crippen LogP contribution in [-0.2, 0) is 7.05 Å². The molecule has 4 rings (SSSR count). The van der Waals surface area contributed by atoms with Crippen LogP contribution in [-0.4, -0.2) is 51.5 Å². The summed E-state index contributed by atoms with van der Waals surface area (Å²) in [6.45, 7) is 3.72. The first kappa shape index (κ1) is 14.2. The van der Waals surface area contributed by atoms with Gasteiger partial charge in [-0.2, -0.15) is 0 Å². The molecule has 0 radical (unpaired) electrons. The first-order valence-electron chi connectivity index (χ1n) is 8.14. The van der Waals surface area contributed by atoms with E-state index in [1.54, 1.807) is 17.0 Å². The fraction of sp³-hybridized carbons (Fsp3) is 0.471. The summed E-state index contributed by atoms with van der Waals surface area (Å²) in [6, 6.07) is 4.09. The first-order valence-corrected chi connectivity index (χ1v) is 8.14. The van der Waals surface area contributed by atoms with Gasteiger partial charge in [0.25, 0.3) is 5.91 Å². The number of anilines is 1. The van der Waals surface area contributed by atoms with Gasteiger partial charge in [0.15, 0.2) is 5.82 Å². The van der Waals surface area contributed by atoms with Crippen LogP contribution in [0.4, 0.5) is 5.69 Å². The number of carbonyl (C=O) groups excluding carboxylic acids is 1. The van der Waals surface area contributed by atoms with Crippen LogP contribution in [0.25, 0.3) is 0 Å².